The van der Waals surface area contributed by atoms with Crippen molar-refractivity contribution in [2.24, 2.45) is 12.5 Å². The predicted molar refractivity (Wildman–Crippen MR) is 141 cm³/mol. The number of amides is 1. The van der Waals surface area contributed by atoms with Gasteiger partial charge >= 0.3 is 6.18 Å². The maximum Gasteiger partial charge on any atom is 0.416 e. The van der Waals surface area contributed by atoms with Crippen LogP contribution < -0.4 is 4.90 Å². The van der Waals surface area contributed by atoms with Crippen LogP contribution in [0.3, 0.4) is 0 Å². The average molecular weight is 572 g/mol. The highest BCUT2D eigenvalue weighted by Gasteiger charge is 2.63. The van der Waals surface area contributed by atoms with Crippen molar-refractivity contribution in [2.45, 2.75) is 69.1 Å². The molecule has 3 heterocycles. The summed E-state index contributed by atoms with van der Waals surface area (Å²) in [4.78, 5) is 16.8. The Morgan fingerprint density at radius 2 is 1.73 bits per heavy atom. The Morgan fingerprint density at radius 3 is 2.37 bits per heavy atom. The van der Waals surface area contributed by atoms with Gasteiger partial charge < -0.3 is 9.47 Å². The Kier molecular flexibility index (Phi) is 5.72. The molecule has 3 fully saturated rings. The van der Waals surface area contributed by atoms with Crippen molar-refractivity contribution in [1.82, 2.24) is 19.7 Å². The third kappa shape index (κ3) is 4.43. The molecule has 3 aromatic rings. The first-order chi connectivity index (χ1) is 19.4. The van der Waals surface area contributed by atoms with Crippen LogP contribution in [0.25, 0.3) is 0 Å². The molecule has 41 heavy (non-hydrogen) atoms. The van der Waals surface area contributed by atoms with Crippen LogP contribution in [0.4, 0.5) is 27.6 Å². The molecule has 0 bridgehead atoms. The lowest BCUT2D eigenvalue weighted by atomic mass is 9.56. The molecule has 2 saturated carbocycles. The van der Waals surface area contributed by atoms with E-state index in [0.29, 0.717) is 16.7 Å². The third-order valence-electron chi connectivity index (χ3n) is 9.56. The van der Waals surface area contributed by atoms with E-state index in [0.717, 1.165) is 30.3 Å². The number of hydrogen-bond donors (Lipinski definition) is 0. The van der Waals surface area contributed by atoms with Gasteiger partial charge in [-0.15, -0.1) is 10.2 Å². The Morgan fingerprint density at radius 1 is 1.00 bits per heavy atom. The SMILES string of the molecule is Cn1cnnc1C1(c2cccc(N3Cc4c(cc(CN5CCC(F)(F)CC5)cc4C(F)(F)F)C3=O)c2)CC2(CC2)C1. The summed E-state index contributed by atoms with van der Waals surface area (Å²) in [6.45, 7) is 0.0699. The molecular formula is C30H30F5N5O. The first-order valence-corrected chi connectivity index (χ1v) is 14.0. The first-order valence-electron chi connectivity index (χ1n) is 14.0. The number of aromatic nitrogens is 3. The lowest BCUT2D eigenvalue weighted by Crippen LogP contribution is -2.45. The normalized spacial score (nSPS) is 22.6. The van der Waals surface area contributed by atoms with Gasteiger partial charge in [-0.3, -0.25) is 9.69 Å². The van der Waals surface area contributed by atoms with Gasteiger partial charge in [0.25, 0.3) is 11.8 Å². The molecule has 2 aromatic carbocycles. The van der Waals surface area contributed by atoms with Crippen LogP contribution in [0, 0.1) is 5.41 Å². The molecule has 0 unspecified atom stereocenters. The number of halogens is 5. The Bertz CT molecular complexity index is 1520. The van der Waals surface area contributed by atoms with Crippen LogP contribution in [0.5, 0.6) is 0 Å². The van der Waals surface area contributed by atoms with Crippen molar-refractivity contribution in [3.63, 3.8) is 0 Å². The number of hydrogen-bond acceptors (Lipinski definition) is 4. The van der Waals surface area contributed by atoms with Crippen molar-refractivity contribution >= 4 is 11.6 Å². The lowest BCUT2D eigenvalue weighted by Gasteiger charge is -2.48. The van der Waals surface area contributed by atoms with E-state index in [9.17, 15) is 26.7 Å². The maximum absolute atomic E-state index is 14.2. The van der Waals surface area contributed by atoms with Gasteiger partial charge in [0.2, 0.25) is 0 Å². The molecule has 1 aromatic heterocycles. The summed E-state index contributed by atoms with van der Waals surface area (Å²) in [5.41, 5.74) is 0.908. The molecule has 0 N–H and O–H groups in total. The zero-order valence-corrected chi connectivity index (χ0v) is 22.6. The van der Waals surface area contributed by atoms with Crippen LogP contribution >= 0.6 is 0 Å². The minimum Gasteiger partial charge on any atom is -0.320 e. The van der Waals surface area contributed by atoms with Gasteiger partial charge in [-0.1, -0.05) is 12.1 Å². The van der Waals surface area contributed by atoms with E-state index in [2.05, 4.69) is 10.2 Å². The van der Waals surface area contributed by atoms with Crippen molar-refractivity contribution in [1.29, 1.82) is 0 Å². The molecule has 4 aliphatic rings. The Balaban J connectivity index is 1.21. The summed E-state index contributed by atoms with van der Waals surface area (Å²) in [6.07, 6.45) is 0.553. The molecule has 11 heteroatoms. The van der Waals surface area contributed by atoms with E-state index < -0.39 is 23.6 Å². The number of likely N-dealkylation sites (tertiary alicyclic amines) is 1. The first kappa shape index (κ1) is 26.6. The molecule has 216 valence electrons. The van der Waals surface area contributed by atoms with Crippen molar-refractivity contribution in [3.8, 4) is 0 Å². The highest BCUT2D eigenvalue weighted by atomic mass is 19.4. The number of piperidine rings is 1. The average Bonchev–Trinajstić information content (AvgIpc) is 3.47. The number of fused-ring (bicyclic) bond motifs is 1. The Hall–Kier alpha value is -3.34. The molecule has 0 atom stereocenters. The second-order valence-electron chi connectivity index (χ2n) is 12.4. The van der Waals surface area contributed by atoms with Gasteiger partial charge in [-0.2, -0.15) is 13.2 Å². The Labute approximate surface area is 234 Å². The minimum atomic E-state index is -4.66. The molecule has 7 rings (SSSR count). The molecular weight excluding hydrogens is 541 g/mol. The summed E-state index contributed by atoms with van der Waals surface area (Å²) in [7, 11) is 1.91. The van der Waals surface area contributed by atoms with E-state index in [4.69, 9.17) is 0 Å². The maximum atomic E-state index is 14.2. The number of carbonyl (C=O) groups excluding carboxylic acids is 1. The summed E-state index contributed by atoms with van der Waals surface area (Å²) in [5, 5.41) is 8.51. The highest BCUT2D eigenvalue weighted by molar-refractivity contribution is 6.10. The van der Waals surface area contributed by atoms with Crippen molar-refractivity contribution < 1.29 is 26.7 Å². The zero-order chi connectivity index (χ0) is 28.8. The molecule has 1 saturated heterocycles. The molecule has 2 aliphatic heterocycles. The summed E-state index contributed by atoms with van der Waals surface area (Å²) in [5.74, 6) is -2.39. The van der Waals surface area contributed by atoms with Gasteiger partial charge in [0.15, 0.2) is 0 Å². The number of benzene rings is 2. The van der Waals surface area contributed by atoms with Crippen LogP contribution in [0.1, 0.15) is 77.0 Å². The van der Waals surface area contributed by atoms with E-state index in [-0.39, 0.29) is 55.6 Å². The van der Waals surface area contributed by atoms with Crippen LogP contribution in [0.15, 0.2) is 42.7 Å². The predicted octanol–water partition coefficient (Wildman–Crippen LogP) is 6.09. The molecule has 2 aliphatic carbocycles. The molecule has 0 radical (unpaired) electrons. The lowest BCUT2D eigenvalue weighted by molar-refractivity contribution is -0.138. The van der Waals surface area contributed by atoms with E-state index >= 15 is 0 Å². The second kappa shape index (κ2) is 8.83. The van der Waals surface area contributed by atoms with Gasteiger partial charge in [0.1, 0.15) is 12.2 Å². The van der Waals surface area contributed by atoms with Gasteiger partial charge in [0.05, 0.1) is 17.5 Å². The summed E-state index contributed by atoms with van der Waals surface area (Å²) in [6, 6.07) is 10.1. The standard InChI is InChI=1S/C30H30F5N5O/c1-38-18-36-37-26(38)28(16-27(17-28)5-6-27)20-3-2-4-21(13-20)40-15-23-22(25(40)41)11-19(12-24(23)30(33,34)35)14-39-9-7-29(31,32)8-10-39/h2-4,11-13,18H,5-10,14-17H2,1H3. The zero-order valence-electron chi connectivity index (χ0n) is 22.6. The smallest absolute Gasteiger partial charge is 0.320 e. The van der Waals surface area contributed by atoms with Gasteiger partial charge in [-0.05, 0) is 72.1 Å². The molecule has 1 spiro atoms. The van der Waals surface area contributed by atoms with Crippen LogP contribution in [0.2, 0.25) is 0 Å². The van der Waals surface area contributed by atoms with Crippen molar-refractivity contribution in [2.75, 3.05) is 18.0 Å². The van der Waals surface area contributed by atoms with E-state index in [1.807, 2.05) is 29.8 Å². The van der Waals surface area contributed by atoms with Gasteiger partial charge in [-0.25, -0.2) is 8.78 Å². The number of rotatable bonds is 5. The largest absolute Gasteiger partial charge is 0.416 e. The quantitative estimate of drug-likeness (QED) is 0.348. The molecule has 6 nitrogen and oxygen atoms in total. The number of nitrogens with zero attached hydrogens (tertiary/aromatic N) is 5. The van der Waals surface area contributed by atoms with Gasteiger partial charge in [0, 0.05) is 50.8 Å². The number of carbonyl (C=O) groups is 1. The van der Waals surface area contributed by atoms with Crippen LogP contribution in [-0.2, 0) is 31.7 Å². The highest BCUT2D eigenvalue weighted by Crippen LogP contribution is 2.70. The number of anilines is 1. The fourth-order valence-corrected chi connectivity index (χ4v) is 7.26. The van der Waals surface area contributed by atoms with Crippen molar-refractivity contribution in [3.05, 3.63) is 76.4 Å². The number of aryl methyl sites for hydroxylation is 1. The third-order valence-corrected chi connectivity index (χ3v) is 9.56. The second-order valence-corrected chi connectivity index (χ2v) is 12.4. The summed E-state index contributed by atoms with van der Waals surface area (Å²) >= 11 is 0. The van der Waals surface area contributed by atoms with Crippen LogP contribution in [-0.4, -0.2) is 44.6 Å². The minimum absolute atomic E-state index is 0.0196. The summed E-state index contributed by atoms with van der Waals surface area (Å²) < 4.78 is 71.9. The van der Waals surface area contributed by atoms with E-state index in [1.165, 1.54) is 23.8 Å². The topological polar surface area (TPSA) is 54.3 Å². The fourth-order valence-electron chi connectivity index (χ4n) is 7.26. The monoisotopic (exact) mass is 571 g/mol. The van der Waals surface area contributed by atoms with E-state index in [1.54, 1.807) is 17.3 Å². The molecule has 1 amide bonds. The fraction of sp³-hybridized carbons (Fsp3) is 0.500. The number of alkyl halides is 5.